The zero-order chi connectivity index (χ0) is 31.1. The van der Waals surface area contributed by atoms with Crippen molar-refractivity contribution in [1.29, 1.82) is 0 Å². The van der Waals surface area contributed by atoms with Gasteiger partial charge in [0.25, 0.3) is 5.56 Å². The lowest BCUT2D eigenvalue weighted by molar-refractivity contribution is 1.18. The number of H-pyrrole nitrogens is 1. The van der Waals surface area contributed by atoms with Crippen LogP contribution in [0.2, 0.25) is 0 Å². The Morgan fingerprint density at radius 2 is 0.872 bits per heavy atom. The molecule has 0 aliphatic rings. The van der Waals surface area contributed by atoms with Crippen LogP contribution in [0.3, 0.4) is 0 Å². The molecule has 10 rings (SSSR count). The number of aromatic amines is 1. The molecule has 3 heterocycles. The van der Waals surface area contributed by atoms with Gasteiger partial charge in [0.15, 0.2) is 0 Å². The molecule has 0 atom stereocenters. The monoisotopic (exact) mass is 601 g/mol. The number of hydrogen-bond donors (Lipinski definition) is 1. The summed E-state index contributed by atoms with van der Waals surface area (Å²) in [5.41, 5.74) is 9.57. The molecule has 10 aromatic rings. The van der Waals surface area contributed by atoms with E-state index in [2.05, 4.69) is 160 Å². The highest BCUT2D eigenvalue weighted by molar-refractivity contribution is 6.21. The maximum atomic E-state index is 13.9. The Bertz CT molecular complexity index is 2890. The average molecular weight is 602 g/mol. The SMILES string of the molecule is O=c1[nH]c2cc3c(cc2c2cc4c5ccccc5n(-c5ccc(-c6ccccc6)cc5)c4cc12)c1ccccc1n3-c1ccccc1. The zero-order valence-electron chi connectivity index (χ0n) is 25.3. The summed E-state index contributed by atoms with van der Waals surface area (Å²) in [4.78, 5) is 17.1. The molecule has 0 amide bonds. The number of rotatable bonds is 3. The van der Waals surface area contributed by atoms with E-state index in [1.54, 1.807) is 0 Å². The van der Waals surface area contributed by atoms with Crippen LogP contribution in [-0.4, -0.2) is 14.1 Å². The molecule has 0 fully saturated rings. The van der Waals surface area contributed by atoms with E-state index < -0.39 is 0 Å². The van der Waals surface area contributed by atoms with Gasteiger partial charge < -0.3 is 14.1 Å². The fraction of sp³-hybridized carbons (Fsp3) is 0. The van der Waals surface area contributed by atoms with Crippen LogP contribution < -0.4 is 5.56 Å². The van der Waals surface area contributed by atoms with Gasteiger partial charge in [0.05, 0.1) is 27.6 Å². The van der Waals surface area contributed by atoms with E-state index in [1.807, 2.05) is 12.1 Å². The number of nitrogens with one attached hydrogen (secondary N) is 1. The standard InChI is InChI=1S/C43H27N3O/c47-43-37-25-41-35(31-15-7-10-18-40(31)46(41)30-21-19-28(20-22-30)27-11-3-1-4-12-27)23-33(37)34-24-36-32-16-8-9-17-39(32)45(29-13-5-2-6-14-29)42(36)26-38(34)44-43/h1-26H,(H,44,47). The second kappa shape index (κ2) is 9.80. The summed E-state index contributed by atoms with van der Waals surface area (Å²) in [5, 5.41) is 7.30. The van der Waals surface area contributed by atoms with E-state index >= 15 is 0 Å². The first kappa shape index (κ1) is 25.9. The Kier molecular flexibility index (Phi) is 5.40. The summed E-state index contributed by atoms with van der Waals surface area (Å²) in [6.07, 6.45) is 0. The smallest absolute Gasteiger partial charge is 0.256 e. The summed E-state index contributed by atoms with van der Waals surface area (Å²) < 4.78 is 4.56. The first-order valence-electron chi connectivity index (χ1n) is 15.9. The van der Waals surface area contributed by atoms with Crippen molar-refractivity contribution >= 4 is 65.3 Å². The van der Waals surface area contributed by atoms with E-state index in [4.69, 9.17) is 0 Å². The van der Waals surface area contributed by atoms with E-state index in [0.29, 0.717) is 5.39 Å². The van der Waals surface area contributed by atoms with E-state index in [-0.39, 0.29) is 5.56 Å². The highest BCUT2D eigenvalue weighted by Gasteiger charge is 2.18. The quantitative estimate of drug-likeness (QED) is 0.201. The normalized spacial score (nSPS) is 11.9. The average Bonchev–Trinajstić information content (AvgIpc) is 3.63. The van der Waals surface area contributed by atoms with Crippen molar-refractivity contribution in [2.45, 2.75) is 0 Å². The number of aromatic nitrogens is 3. The minimum atomic E-state index is -0.0904. The molecule has 0 saturated carbocycles. The van der Waals surface area contributed by atoms with Crippen LogP contribution in [0.5, 0.6) is 0 Å². The number of benzene rings is 7. The number of nitrogens with zero attached hydrogens (tertiary/aromatic N) is 2. The number of fused-ring (bicyclic) bond motifs is 9. The summed E-state index contributed by atoms with van der Waals surface area (Å²) >= 11 is 0. The Morgan fingerprint density at radius 1 is 0.362 bits per heavy atom. The molecule has 0 spiro atoms. The molecule has 7 aromatic carbocycles. The van der Waals surface area contributed by atoms with Gasteiger partial charge in [-0.05, 0) is 77.2 Å². The molecule has 0 aliphatic heterocycles. The molecule has 4 heteroatoms. The largest absolute Gasteiger partial charge is 0.321 e. The molecule has 0 bridgehead atoms. The lowest BCUT2D eigenvalue weighted by Crippen LogP contribution is -2.07. The Labute approximate surface area is 269 Å². The molecule has 0 radical (unpaired) electrons. The predicted octanol–water partition coefficient (Wildman–Crippen LogP) is 10.5. The van der Waals surface area contributed by atoms with Gasteiger partial charge in [-0.25, -0.2) is 0 Å². The van der Waals surface area contributed by atoms with Crippen molar-refractivity contribution in [3.05, 3.63) is 168 Å². The van der Waals surface area contributed by atoms with Gasteiger partial charge in [0.1, 0.15) is 0 Å². The van der Waals surface area contributed by atoms with Crippen LogP contribution >= 0.6 is 0 Å². The van der Waals surface area contributed by atoms with Crippen LogP contribution in [0.4, 0.5) is 0 Å². The van der Waals surface area contributed by atoms with Crippen molar-refractivity contribution in [1.82, 2.24) is 14.1 Å². The third-order valence-electron chi connectivity index (χ3n) is 9.65. The van der Waals surface area contributed by atoms with Gasteiger partial charge in [-0.1, -0.05) is 97.1 Å². The second-order valence-electron chi connectivity index (χ2n) is 12.2. The van der Waals surface area contributed by atoms with E-state index in [9.17, 15) is 4.79 Å². The Hall–Kier alpha value is -6.39. The Morgan fingerprint density at radius 3 is 1.53 bits per heavy atom. The minimum absolute atomic E-state index is 0.0904. The molecule has 0 aliphatic carbocycles. The van der Waals surface area contributed by atoms with Gasteiger partial charge in [-0.2, -0.15) is 0 Å². The highest BCUT2D eigenvalue weighted by Crippen LogP contribution is 2.39. The maximum absolute atomic E-state index is 13.9. The van der Waals surface area contributed by atoms with Crippen molar-refractivity contribution in [3.63, 3.8) is 0 Å². The molecule has 4 nitrogen and oxygen atoms in total. The third-order valence-corrected chi connectivity index (χ3v) is 9.65. The number of pyridine rings is 1. The molecule has 220 valence electrons. The Balaban J connectivity index is 1.26. The lowest BCUT2D eigenvalue weighted by atomic mass is 10.0. The lowest BCUT2D eigenvalue weighted by Gasteiger charge is -2.11. The molecule has 0 saturated heterocycles. The third kappa shape index (κ3) is 3.79. The van der Waals surface area contributed by atoms with Crippen LogP contribution in [0.15, 0.2) is 163 Å². The summed E-state index contributed by atoms with van der Waals surface area (Å²) in [6.45, 7) is 0. The van der Waals surface area contributed by atoms with Crippen LogP contribution in [-0.2, 0) is 0 Å². The molecule has 47 heavy (non-hydrogen) atoms. The topological polar surface area (TPSA) is 42.7 Å². The zero-order valence-corrected chi connectivity index (χ0v) is 25.3. The number of para-hydroxylation sites is 3. The van der Waals surface area contributed by atoms with Crippen LogP contribution in [0, 0.1) is 0 Å². The predicted molar refractivity (Wildman–Crippen MR) is 196 cm³/mol. The van der Waals surface area contributed by atoms with Gasteiger partial charge in [-0.15, -0.1) is 0 Å². The highest BCUT2D eigenvalue weighted by atomic mass is 16.1. The van der Waals surface area contributed by atoms with Crippen molar-refractivity contribution < 1.29 is 0 Å². The fourth-order valence-corrected chi connectivity index (χ4v) is 7.52. The van der Waals surface area contributed by atoms with Crippen molar-refractivity contribution in [3.8, 4) is 22.5 Å². The fourth-order valence-electron chi connectivity index (χ4n) is 7.52. The van der Waals surface area contributed by atoms with Gasteiger partial charge >= 0.3 is 0 Å². The molecule has 0 unspecified atom stereocenters. The van der Waals surface area contributed by atoms with Gasteiger partial charge in [0.2, 0.25) is 0 Å². The second-order valence-corrected chi connectivity index (χ2v) is 12.2. The van der Waals surface area contributed by atoms with Gasteiger partial charge in [0, 0.05) is 43.7 Å². The van der Waals surface area contributed by atoms with Gasteiger partial charge in [-0.3, -0.25) is 4.79 Å². The van der Waals surface area contributed by atoms with Crippen LogP contribution in [0.25, 0.3) is 87.8 Å². The van der Waals surface area contributed by atoms with E-state index in [0.717, 1.165) is 65.9 Å². The summed E-state index contributed by atoms with van der Waals surface area (Å²) in [5.74, 6) is 0. The molecule has 1 N–H and O–H groups in total. The van der Waals surface area contributed by atoms with Crippen molar-refractivity contribution in [2.24, 2.45) is 0 Å². The summed E-state index contributed by atoms with van der Waals surface area (Å²) in [6, 6.07) is 55.3. The number of hydrogen-bond acceptors (Lipinski definition) is 1. The first-order chi connectivity index (χ1) is 23.2. The molecule has 3 aromatic heterocycles. The molecular weight excluding hydrogens is 574 g/mol. The summed E-state index contributed by atoms with van der Waals surface area (Å²) in [7, 11) is 0. The minimum Gasteiger partial charge on any atom is -0.321 e. The van der Waals surface area contributed by atoms with E-state index in [1.165, 1.54) is 16.5 Å². The van der Waals surface area contributed by atoms with Crippen molar-refractivity contribution in [2.75, 3.05) is 0 Å². The maximum Gasteiger partial charge on any atom is 0.256 e. The van der Waals surface area contributed by atoms with Crippen LogP contribution in [0.1, 0.15) is 0 Å². The molecular formula is C43H27N3O. The first-order valence-corrected chi connectivity index (χ1v) is 15.9.